The van der Waals surface area contributed by atoms with Crippen LogP contribution < -0.4 is 5.32 Å². The van der Waals surface area contributed by atoms with Gasteiger partial charge in [0.2, 0.25) is 0 Å². The van der Waals surface area contributed by atoms with Crippen molar-refractivity contribution in [2.45, 2.75) is 69.9 Å². The molecule has 2 aliphatic rings. The number of likely N-dealkylation sites (tertiary alicyclic amines) is 1. The highest BCUT2D eigenvalue weighted by atomic mass is 15.2. The van der Waals surface area contributed by atoms with Crippen LogP contribution in [-0.4, -0.2) is 61.7 Å². The van der Waals surface area contributed by atoms with Crippen LogP contribution in [0.15, 0.2) is 0 Å². The fourth-order valence-corrected chi connectivity index (χ4v) is 4.05. The summed E-state index contributed by atoms with van der Waals surface area (Å²) in [5.41, 5.74) is 0.440. The summed E-state index contributed by atoms with van der Waals surface area (Å²) in [6, 6.07) is 0.745. The summed E-state index contributed by atoms with van der Waals surface area (Å²) in [5, 5.41) is 3.92. The van der Waals surface area contributed by atoms with E-state index >= 15 is 0 Å². The Kier molecular flexibility index (Phi) is 6.31. The molecule has 1 saturated heterocycles. The van der Waals surface area contributed by atoms with E-state index in [2.05, 4.69) is 36.1 Å². The predicted molar refractivity (Wildman–Crippen MR) is 87.3 cm³/mol. The molecule has 1 atom stereocenters. The Morgan fingerprint density at radius 3 is 2.50 bits per heavy atom. The van der Waals surface area contributed by atoms with E-state index in [1.165, 1.54) is 77.5 Å². The van der Waals surface area contributed by atoms with Gasteiger partial charge in [-0.3, -0.25) is 0 Å². The van der Waals surface area contributed by atoms with Gasteiger partial charge in [0.25, 0.3) is 0 Å². The standard InChI is InChI=1S/C17H35N3/c1-4-12-20-13-7-8-16(9-14-20)18-15-17(19(2)3)10-5-6-11-17/h16,18H,4-15H2,1-3H3. The maximum Gasteiger partial charge on any atom is 0.0327 e. The molecule has 1 heterocycles. The zero-order valence-electron chi connectivity index (χ0n) is 14.0. The molecule has 1 aliphatic heterocycles. The lowest BCUT2D eigenvalue weighted by Crippen LogP contribution is -2.51. The van der Waals surface area contributed by atoms with Gasteiger partial charge in [0.1, 0.15) is 0 Å². The van der Waals surface area contributed by atoms with Crippen LogP contribution >= 0.6 is 0 Å². The molecule has 0 aromatic heterocycles. The highest BCUT2D eigenvalue weighted by Crippen LogP contribution is 2.33. The molecule has 0 radical (unpaired) electrons. The van der Waals surface area contributed by atoms with E-state index in [-0.39, 0.29) is 0 Å². The Hall–Kier alpha value is -0.120. The highest BCUT2D eigenvalue weighted by molar-refractivity contribution is 4.95. The summed E-state index contributed by atoms with van der Waals surface area (Å²) < 4.78 is 0. The maximum atomic E-state index is 3.92. The second-order valence-electron chi connectivity index (χ2n) is 7.18. The Labute approximate surface area is 126 Å². The summed E-state index contributed by atoms with van der Waals surface area (Å²) in [6.07, 6.45) is 10.9. The molecule has 118 valence electrons. The third kappa shape index (κ3) is 4.19. The first-order valence-electron chi connectivity index (χ1n) is 8.79. The van der Waals surface area contributed by atoms with Crippen LogP contribution in [0.5, 0.6) is 0 Å². The van der Waals surface area contributed by atoms with Crippen molar-refractivity contribution in [2.75, 3.05) is 40.3 Å². The summed E-state index contributed by atoms with van der Waals surface area (Å²) in [5.74, 6) is 0. The molecule has 1 aliphatic carbocycles. The number of nitrogens with zero attached hydrogens (tertiary/aromatic N) is 2. The second kappa shape index (κ2) is 7.77. The zero-order chi connectivity index (χ0) is 14.4. The van der Waals surface area contributed by atoms with Crippen molar-refractivity contribution in [3.63, 3.8) is 0 Å². The monoisotopic (exact) mass is 281 g/mol. The molecule has 0 aromatic carbocycles. The molecule has 1 unspecified atom stereocenters. The largest absolute Gasteiger partial charge is 0.312 e. The van der Waals surface area contributed by atoms with Gasteiger partial charge in [-0.25, -0.2) is 0 Å². The van der Waals surface area contributed by atoms with E-state index in [0.29, 0.717) is 5.54 Å². The second-order valence-corrected chi connectivity index (χ2v) is 7.18. The number of likely N-dealkylation sites (N-methyl/N-ethyl adjacent to an activating group) is 1. The average molecular weight is 281 g/mol. The SMILES string of the molecule is CCCN1CCCC(NCC2(N(C)C)CCCC2)CC1. The van der Waals surface area contributed by atoms with Crippen molar-refractivity contribution in [2.24, 2.45) is 0 Å². The molecule has 0 spiro atoms. The number of nitrogens with one attached hydrogen (secondary N) is 1. The van der Waals surface area contributed by atoms with Gasteiger partial charge >= 0.3 is 0 Å². The van der Waals surface area contributed by atoms with Crippen LogP contribution in [0.1, 0.15) is 58.3 Å². The molecule has 1 saturated carbocycles. The summed E-state index contributed by atoms with van der Waals surface area (Å²) in [7, 11) is 4.53. The molecule has 1 N–H and O–H groups in total. The number of hydrogen-bond donors (Lipinski definition) is 1. The first kappa shape index (κ1) is 16.3. The van der Waals surface area contributed by atoms with Gasteiger partial charge in [-0.1, -0.05) is 19.8 Å². The van der Waals surface area contributed by atoms with Gasteiger partial charge < -0.3 is 15.1 Å². The number of hydrogen-bond acceptors (Lipinski definition) is 3. The Morgan fingerprint density at radius 2 is 1.85 bits per heavy atom. The van der Waals surface area contributed by atoms with Gasteiger partial charge in [-0.15, -0.1) is 0 Å². The first-order valence-corrected chi connectivity index (χ1v) is 8.79. The van der Waals surface area contributed by atoms with Crippen molar-refractivity contribution >= 4 is 0 Å². The smallest absolute Gasteiger partial charge is 0.0327 e. The summed E-state index contributed by atoms with van der Waals surface area (Å²) >= 11 is 0. The van der Waals surface area contributed by atoms with Crippen LogP contribution in [-0.2, 0) is 0 Å². The lowest BCUT2D eigenvalue weighted by Gasteiger charge is -2.38. The summed E-state index contributed by atoms with van der Waals surface area (Å²) in [4.78, 5) is 5.13. The van der Waals surface area contributed by atoms with E-state index in [9.17, 15) is 0 Å². The van der Waals surface area contributed by atoms with E-state index in [1.54, 1.807) is 0 Å². The lowest BCUT2D eigenvalue weighted by atomic mass is 9.95. The van der Waals surface area contributed by atoms with Crippen LogP contribution in [0.3, 0.4) is 0 Å². The van der Waals surface area contributed by atoms with Crippen LogP contribution in [0.2, 0.25) is 0 Å². The lowest BCUT2D eigenvalue weighted by molar-refractivity contribution is 0.147. The Balaban J connectivity index is 1.78. The van der Waals surface area contributed by atoms with E-state index in [0.717, 1.165) is 6.04 Å². The van der Waals surface area contributed by atoms with E-state index < -0.39 is 0 Å². The molecule has 0 amide bonds. The van der Waals surface area contributed by atoms with Gasteiger partial charge in [-0.05, 0) is 72.3 Å². The molecular formula is C17H35N3. The minimum atomic E-state index is 0.440. The molecule has 0 bridgehead atoms. The minimum Gasteiger partial charge on any atom is -0.312 e. The molecule has 20 heavy (non-hydrogen) atoms. The van der Waals surface area contributed by atoms with E-state index in [1.807, 2.05) is 0 Å². The molecular weight excluding hydrogens is 246 g/mol. The zero-order valence-corrected chi connectivity index (χ0v) is 14.0. The minimum absolute atomic E-state index is 0.440. The van der Waals surface area contributed by atoms with Crippen LogP contribution in [0.4, 0.5) is 0 Å². The molecule has 3 nitrogen and oxygen atoms in total. The number of rotatable bonds is 6. The fraction of sp³-hybridized carbons (Fsp3) is 1.00. The third-order valence-corrected chi connectivity index (χ3v) is 5.56. The molecule has 3 heteroatoms. The fourth-order valence-electron chi connectivity index (χ4n) is 4.05. The van der Waals surface area contributed by atoms with Crippen molar-refractivity contribution < 1.29 is 0 Å². The molecule has 0 aromatic rings. The van der Waals surface area contributed by atoms with Gasteiger partial charge in [0.05, 0.1) is 0 Å². The molecule has 2 fully saturated rings. The Bertz CT molecular complexity index is 271. The maximum absolute atomic E-state index is 3.92. The average Bonchev–Trinajstić information content (AvgIpc) is 2.80. The van der Waals surface area contributed by atoms with Crippen molar-refractivity contribution in [1.82, 2.24) is 15.1 Å². The van der Waals surface area contributed by atoms with Gasteiger partial charge in [-0.2, -0.15) is 0 Å². The summed E-state index contributed by atoms with van der Waals surface area (Å²) in [6.45, 7) is 7.37. The predicted octanol–water partition coefficient (Wildman–Crippen LogP) is 2.71. The Morgan fingerprint density at radius 1 is 1.10 bits per heavy atom. The normalized spacial score (nSPS) is 27.9. The quantitative estimate of drug-likeness (QED) is 0.807. The van der Waals surface area contributed by atoms with Crippen molar-refractivity contribution in [1.29, 1.82) is 0 Å². The van der Waals surface area contributed by atoms with Crippen LogP contribution in [0, 0.1) is 0 Å². The van der Waals surface area contributed by atoms with Crippen molar-refractivity contribution in [3.05, 3.63) is 0 Å². The van der Waals surface area contributed by atoms with Crippen molar-refractivity contribution in [3.8, 4) is 0 Å². The van der Waals surface area contributed by atoms with Crippen LogP contribution in [0.25, 0.3) is 0 Å². The topological polar surface area (TPSA) is 18.5 Å². The third-order valence-electron chi connectivity index (χ3n) is 5.56. The molecule has 2 rings (SSSR count). The van der Waals surface area contributed by atoms with Gasteiger partial charge in [0, 0.05) is 18.1 Å². The highest BCUT2D eigenvalue weighted by Gasteiger charge is 2.36. The first-order chi connectivity index (χ1) is 9.66. The van der Waals surface area contributed by atoms with Gasteiger partial charge in [0.15, 0.2) is 0 Å². The van der Waals surface area contributed by atoms with E-state index in [4.69, 9.17) is 0 Å².